The van der Waals surface area contributed by atoms with Gasteiger partial charge in [0.1, 0.15) is 4.90 Å². The number of benzene rings is 3. The van der Waals surface area contributed by atoms with Crippen molar-refractivity contribution in [3.05, 3.63) is 52.6 Å². The van der Waals surface area contributed by atoms with E-state index in [-0.39, 0.29) is 4.90 Å². The van der Waals surface area contributed by atoms with Crippen molar-refractivity contribution >= 4 is 31.7 Å². The number of hydrogen-bond acceptors (Lipinski definition) is 2. The topological polar surface area (TPSA) is 54.4 Å². The van der Waals surface area contributed by atoms with E-state index in [0.717, 1.165) is 32.8 Å². The van der Waals surface area contributed by atoms with Crippen LogP contribution in [-0.4, -0.2) is 13.0 Å². The summed E-state index contributed by atoms with van der Waals surface area (Å²) in [6.45, 7) is 7.64. The number of fused-ring (bicyclic) bond motifs is 2. The molecule has 0 saturated heterocycles. The summed E-state index contributed by atoms with van der Waals surface area (Å²) in [6.07, 6.45) is 0. The molecule has 0 unspecified atom stereocenters. The zero-order valence-corrected chi connectivity index (χ0v) is 13.9. The van der Waals surface area contributed by atoms with Gasteiger partial charge in [0.15, 0.2) is 0 Å². The lowest BCUT2D eigenvalue weighted by Gasteiger charge is -2.18. The summed E-state index contributed by atoms with van der Waals surface area (Å²) in [5, 5.41) is 3.58. The van der Waals surface area contributed by atoms with Gasteiger partial charge in [-0.05, 0) is 72.2 Å². The summed E-state index contributed by atoms with van der Waals surface area (Å²) in [6, 6.07) is 9.75. The highest BCUT2D eigenvalue weighted by Crippen LogP contribution is 2.37. The molecule has 0 radical (unpaired) electrons. The molecule has 3 rings (SSSR count). The van der Waals surface area contributed by atoms with Crippen LogP contribution in [0.4, 0.5) is 0 Å². The number of aryl methyl sites for hydroxylation is 2. The molecule has 3 nitrogen and oxygen atoms in total. The van der Waals surface area contributed by atoms with E-state index in [0.29, 0.717) is 10.9 Å². The van der Waals surface area contributed by atoms with Crippen LogP contribution in [0.5, 0.6) is 0 Å². The minimum atomic E-state index is -4.28. The van der Waals surface area contributed by atoms with E-state index in [1.54, 1.807) is 6.92 Å². The molecule has 3 aromatic rings. The Bertz CT molecular complexity index is 1030. The zero-order chi connectivity index (χ0) is 16.2. The quantitative estimate of drug-likeness (QED) is 0.532. The summed E-state index contributed by atoms with van der Waals surface area (Å²) >= 11 is 0. The molecule has 0 atom stereocenters. The predicted molar refractivity (Wildman–Crippen MR) is 90.2 cm³/mol. The van der Waals surface area contributed by atoms with Crippen molar-refractivity contribution in [2.45, 2.75) is 32.6 Å². The number of hydrogen-bond donors (Lipinski definition) is 1. The summed E-state index contributed by atoms with van der Waals surface area (Å²) in [7, 11) is -4.28. The molecular formula is C18H18O3S. The third-order valence-corrected chi connectivity index (χ3v) is 5.69. The smallest absolute Gasteiger partial charge is 0.282 e. The van der Waals surface area contributed by atoms with Crippen molar-refractivity contribution in [2.24, 2.45) is 0 Å². The van der Waals surface area contributed by atoms with Gasteiger partial charge in [-0.25, -0.2) is 0 Å². The van der Waals surface area contributed by atoms with E-state index in [4.69, 9.17) is 0 Å². The van der Waals surface area contributed by atoms with Crippen molar-refractivity contribution in [3.8, 4) is 0 Å². The van der Waals surface area contributed by atoms with E-state index < -0.39 is 10.1 Å². The predicted octanol–water partition coefficient (Wildman–Crippen LogP) is 4.47. The van der Waals surface area contributed by atoms with Gasteiger partial charge < -0.3 is 0 Å². The van der Waals surface area contributed by atoms with Gasteiger partial charge in [-0.2, -0.15) is 8.42 Å². The minimum Gasteiger partial charge on any atom is -0.282 e. The van der Waals surface area contributed by atoms with Crippen LogP contribution in [0.3, 0.4) is 0 Å². The van der Waals surface area contributed by atoms with Crippen LogP contribution in [0, 0.1) is 27.7 Å². The first kappa shape index (κ1) is 15.0. The molecule has 0 saturated carbocycles. The Morgan fingerprint density at radius 1 is 0.818 bits per heavy atom. The molecule has 0 aliphatic heterocycles. The minimum absolute atomic E-state index is 0.0273. The van der Waals surface area contributed by atoms with E-state index in [1.165, 1.54) is 0 Å². The fraction of sp³-hybridized carbons (Fsp3) is 0.222. The first-order valence-electron chi connectivity index (χ1n) is 7.12. The van der Waals surface area contributed by atoms with Gasteiger partial charge >= 0.3 is 0 Å². The maximum atomic E-state index is 11.9. The molecule has 22 heavy (non-hydrogen) atoms. The average molecular weight is 314 g/mol. The first-order valence-corrected chi connectivity index (χ1v) is 8.56. The van der Waals surface area contributed by atoms with Crippen molar-refractivity contribution < 1.29 is 13.0 Å². The van der Waals surface area contributed by atoms with Crippen LogP contribution in [0.2, 0.25) is 0 Å². The third-order valence-electron chi connectivity index (χ3n) is 4.65. The maximum Gasteiger partial charge on any atom is 0.295 e. The summed E-state index contributed by atoms with van der Waals surface area (Å²) < 4.78 is 33.6. The largest absolute Gasteiger partial charge is 0.295 e. The lowest BCUT2D eigenvalue weighted by molar-refractivity contribution is 0.483. The van der Waals surface area contributed by atoms with E-state index in [9.17, 15) is 13.0 Å². The first-order chi connectivity index (χ1) is 10.2. The molecule has 114 valence electrons. The monoisotopic (exact) mass is 314 g/mol. The van der Waals surface area contributed by atoms with Gasteiger partial charge in [0.2, 0.25) is 0 Å². The molecule has 0 bridgehead atoms. The molecule has 0 heterocycles. The molecule has 0 spiro atoms. The molecule has 3 aromatic carbocycles. The van der Waals surface area contributed by atoms with E-state index in [1.807, 2.05) is 51.1 Å². The lowest BCUT2D eigenvalue weighted by atomic mass is 9.90. The Morgan fingerprint density at radius 3 is 2.09 bits per heavy atom. The van der Waals surface area contributed by atoms with Crippen LogP contribution in [0.1, 0.15) is 22.3 Å². The summed E-state index contributed by atoms with van der Waals surface area (Å²) in [5.41, 5.74) is 3.61. The summed E-state index contributed by atoms with van der Waals surface area (Å²) in [4.78, 5) is 0.0273. The van der Waals surface area contributed by atoms with Crippen molar-refractivity contribution in [1.29, 1.82) is 0 Å². The molecule has 0 fully saturated rings. The molecule has 0 aliphatic carbocycles. The van der Waals surface area contributed by atoms with Gasteiger partial charge in [0.25, 0.3) is 10.1 Å². The van der Waals surface area contributed by atoms with E-state index >= 15 is 0 Å². The van der Waals surface area contributed by atoms with Crippen molar-refractivity contribution in [2.75, 3.05) is 0 Å². The van der Waals surface area contributed by atoms with Crippen molar-refractivity contribution in [3.63, 3.8) is 0 Å². The Morgan fingerprint density at radius 2 is 1.45 bits per heavy atom. The fourth-order valence-corrected chi connectivity index (χ4v) is 4.34. The highest BCUT2D eigenvalue weighted by molar-refractivity contribution is 7.86. The molecule has 0 amide bonds. The standard InChI is InChI=1S/C18H18O3S/c1-10-11(2)17-13(4)15-8-6-5-7-14(15)9-16(17)18(12(10)3)22(19,20)21/h5-9H,1-4H3,(H,19,20,21). The Hall–Kier alpha value is -1.91. The third kappa shape index (κ3) is 2.02. The normalized spacial score (nSPS) is 12.2. The van der Waals surface area contributed by atoms with E-state index in [2.05, 4.69) is 0 Å². The molecule has 0 aromatic heterocycles. The van der Waals surface area contributed by atoms with Crippen LogP contribution in [0.15, 0.2) is 35.2 Å². The molecule has 4 heteroatoms. The Balaban J connectivity index is 2.73. The number of rotatable bonds is 1. The second-order valence-corrected chi connectivity index (χ2v) is 7.18. The van der Waals surface area contributed by atoms with Gasteiger partial charge in [-0.1, -0.05) is 24.3 Å². The fourth-order valence-electron chi connectivity index (χ4n) is 3.36. The van der Waals surface area contributed by atoms with Crippen molar-refractivity contribution in [1.82, 2.24) is 0 Å². The highest BCUT2D eigenvalue weighted by atomic mass is 32.2. The lowest BCUT2D eigenvalue weighted by Crippen LogP contribution is -2.06. The second-order valence-electron chi connectivity index (χ2n) is 5.82. The second kappa shape index (κ2) is 4.80. The van der Waals surface area contributed by atoms with Crippen LogP contribution in [-0.2, 0) is 10.1 Å². The molecule has 0 aliphatic rings. The van der Waals surface area contributed by atoms with Crippen LogP contribution in [0.25, 0.3) is 21.5 Å². The summed E-state index contributed by atoms with van der Waals surface area (Å²) in [5.74, 6) is 0. The van der Waals surface area contributed by atoms with Crippen LogP contribution >= 0.6 is 0 Å². The molecular weight excluding hydrogens is 296 g/mol. The Labute approximate surface area is 130 Å². The highest BCUT2D eigenvalue weighted by Gasteiger charge is 2.22. The maximum absolute atomic E-state index is 11.9. The Kier molecular flexibility index (Phi) is 3.27. The zero-order valence-electron chi connectivity index (χ0n) is 13.1. The van der Waals surface area contributed by atoms with Gasteiger partial charge in [0, 0.05) is 5.39 Å². The van der Waals surface area contributed by atoms with Crippen LogP contribution < -0.4 is 0 Å². The molecule has 1 N–H and O–H groups in total. The van der Waals surface area contributed by atoms with Gasteiger partial charge in [-0.3, -0.25) is 4.55 Å². The average Bonchev–Trinajstić information content (AvgIpc) is 2.43. The van der Waals surface area contributed by atoms with Gasteiger partial charge in [-0.15, -0.1) is 0 Å². The SMILES string of the molecule is Cc1c(C)c(C)c2c(C)c3ccccc3cc2c1S(=O)(=O)O. The van der Waals surface area contributed by atoms with Gasteiger partial charge in [0.05, 0.1) is 0 Å².